The minimum Gasteiger partial charge on any atom is -0.463 e. The second-order valence-corrected chi connectivity index (χ2v) is 5.14. The van der Waals surface area contributed by atoms with E-state index in [9.17, 15) is 9.59 Å². The molecule has 7 nitrogen and oxygen atoms in total. The lowest BCUT2D eigenvalue weighted by atomic mass is 9.88. The molecule has 0 amide bonds. The molecular formula is C17H30O7. The summed E-state index contributed by atoms with van der Waals surface area (Å²) in [6.45, 7) is 8.55. The standard InChI is InChI=1S/C9H16O4.C8H14O3/c1-3-8(12)13-7-9(4-2,5-10)6-11;1-2-8(10)11-7-5-3-4-6-9/h3,10-11H,1,4-7H2,2H3;2,9H,1,3-7H2. The molecule has 0 saturated carbocycles. The molecule has 0 aliphatic rings. The topological polar surface area (TPSA) is 113 Å². The van der Waals surface area contributed by atoms with Crippen LogP contribution in [0, 0.1) is 5.41 Å². The maximum atomic E-state index is 10.7. The largest absolute Gasteiger partial charge is 0.463 e. The van der Waals surface area contributed by atoms with E-state index in [4.69, 9.17) is 24.8 Å². The number of rotatable bonds is 12. The van der Waals surface area contributed by atoms with Gasteiger partial charge in [-0.2, -0.15) is 0 Å². The van der Waals surface area contributed by atoms with Gasteiger partial charge in [0, 0.05) is 18.8 Å². The van der Waals surface area contributed by atoms with Gasteiger partial charge in [-0.1, -0.05) is 20.1 Å². The summed E-state index contributed by atoms with van der Waals surface area (Å²) in [4.78, 5) is 21.2. The molecule has 0 spiro atoms. The summed E-state index contributed by atoms with van der Waals surface area (Å²) >= 11 is 0. The number of esters is 2. The monoisotopic (exact) mass is 346 g/mol. The van der Waals surface area contributed by atoms with Crippen LogP contribution in [0.3, 0.4) is 0 Å². The fraction of sp³-hybridized carbons (Fsp3) is 0.647. The van der Waals surface area contributed by atoms with Gasteiger partial charge in [-0.25, -0.2) is 9.59 Å². The van der Waals surface area contributed by atoms with Gasteiger partial charge in [-0.3, -0.25) is 0 Å². The maximum absolute atomic E-state index is 10.7. The van der Waals surface area contributed by atoms with E-state index in [1.165, 1.54) is 0 Å². The number of carbonyl (C=O) groups excluding carboxylic acids is 2. The second-order valence-electron chi connectivity index (χ2n) is 5.14. The van der Waals surface area contributed by atoms with Crippen LogP contribution >= 0.6 is 0 Å². The molecule has 0 saturated heterocycles. The van der Waals surface area contributed by atoms with E-state index < -0.39 is 11.4 Å². The van der Waals surface area contributed by atoms with Crippen molar-refractivity contribution in [2.45, 2.75) is 32.6 Å². The van der Waals surface area contributed by atoms with Gasteiger partial charge in [0.1, 0.15) is 6.61 Å². The molecule has 24 heavy (non-hydrogen) atoms. The summed E-state index contributed by atoms with van der Waals surface area (Å²) in [6.07, 6.45) is 5.21. The Morgan fingerprint density at radius 2 is 1.50 bits per heavy atom. The summed E-state index contributed by atoms with van der Waals surface area (Å²) in [7, 11) is 0. The summed E-state index contributed by atoms with van der Waals surface area (Å²) < 4.78 is 9.45. The molecule has 0 bridgehead atoms. The third-order valence-electron chi connectivity index (χ3n) is 3.32. The molecule has 0 aliphatic heterocycles. The molecule has 0 unspecified atom stereocenters. The molecule has 0 fully saturated rings. The van der Waals surface area contributed by atoms with E-state index in [0.717, 1.165) is 31.4 Å². The smallest absolute Gasteiger partial charge is 0.330 e. The first kappa shape index (κ1) is 24.6. The number of carbonyl (C=O) groups is 2. The lowest BCUT2D eigenvalue weighted by Gasteiger charge is -2.27. The van der Waals surface area contributed by atoms with E-state index >= 15 is 0 Å². The molecule has 0 aromatic rings. The quantitative estimate of drug-likeness (QED) is 0.274. The average molecular weight is 346 g/mol. The molecule has 3 N–H and O–H groups in total. The van der Waals surface area contributed by atoms with Gasteiger partial charge in [-0.05, 0) is 25.7 Å². The van der Waals surface area contributed by atoms with Crippen molar-refractivity contribution in [2.75, 3.05) is 33.0 Å². The summed E-state index contributed by atoms with van der Waals surface area (Å²) in [5.41, 5.74) is -0.724. The van der Waals surface area contributed by atoms with Crippen molar-refractivity contribution < 1.29 is 34.4 Å². The molecule has 0 aromatic carbocycles. The van der Waals surface area contributed by atoms with E-state index in [0.29, 0.717) is 13.0 Å². The van der Waals surface area contributed by atoms with Crippen LogP contribution in [0.1, 0.15) is 32.6 Å². The Hall–Kier alpha value is -1.70. The number of aliphatic hydroxyl groups is 3. The van der Waals surface area contributed by atoms with Crippen molar-refractivity contribution >= 4 is 11.9 Å². The Morgan fingerprint density at radius 3 is 1.92 bits per heavy atom. The van der Waals surface area contributed by atoms with Crippen molar-refractivity contribution in [1.82, 2.24) is 0 Å². The highest BCUT2D eigenvalue weighted by molar-refractivity contribution is 5.81. The molecule has 7 heteroatoms. The normalized spacial score (nSPS) is 10.2. The zero-order valence-electron chi connectivity index (χ0n) is 14.4. The van der Waals surface area contributed by atoms with E-state index in [1.54, 1.807) is 0 Å². The Bertz CT molecular complexity index is 354. The predicted molar refractivity (Wildman–Crippen MR) is 90.1 cm³/mol. The Balaban J connectivity index is 0. The molecular weight excluding hydrogens is 316 g/mol. The minimum atomic E-state index is -0.724. The van der Waals surface area contributed by atoms with Gasteiger partial charge in [-0.15, -0.1) is 0 Å². The van der Waals surface area contributed by atoms with Crippen LogP contribution in [0.25, 0.3) is 0 Å². The van der Waals surface area contributed by atoms with Crippen LogP contribution < -0.4 is 0 Å². The van der Waals surface area contributed by atoms with Gasteiger partial charge in [0.2, 0.25) is 0 Å². The first-order chi connectivity index (χ1) is 11.4. The molecule has 0 aliphatic carbocycles. The van der Waals surface area contributed by atoms with Crippen LogP contribution in [0.15, 0.2) is 25.3 Å². The van der Waals surface area contributed by atoms with Crippen molar-refractivity contribution in [1.29, 1.82) is 0 Å². The maximum Gasteiger partial charge on any atom is 0.330 e. The van der Waals surface area contributed by atoms with Crippen molar-refractivity contribution in [2.24, 2.45) is 5.41 Å². The first-order valence-corrected chi connectivity index (χ1v) is 7.86. The van der Waals surface area contributed by atoms with Gasteiger partial charge in [0.15, 0.2) is 0 Å². The number of unbranched alkanes of at least 4 members (excludes halogenated alkanes) is 2. The molecule has 0 radical (unpaired) electrons. The number of hydrogen-bond donors (Lipinski definition) is 3. The molecule has 0 atom stereocenters. The van der Waals surface area contributed by atoms with Crippen LogP contribution in [0.2, 0.25) is 0 Å². The third kappa shape index (κ3) is 12.8. The van der Waals surface area contributed by atoms with Crippen LogP contribution in [-0.4, -0.2) is 60.3 Å². The van der Waals surface area contributed by atoms with Crippen LogP contribution in [0.5, 0.6) is 0 Å². The summed E-state index contributed by atoms with van der Waals surface area (Å²) in [5.74, 6) is -0.922. The van der Waals surface area contributed by atoms with Crippen LogP contribution in [-0.2, 0) is 19.1 Å². The minimum absolute atomic E-state index is 0.0152. The highest BCUT2D eigenvalue weighted by Gasteiger charge is 2.28. The van der Waals surface area contributed by atoms with Crippen molar-refractivity contribution in [3.63, 3.8) is 0 Å². The molecule has 0 rings (SSSR count). The fourth-order valence-electron chi connectivity index (χ4n) is 1.37. The second kappa shape index (κ2) is 16.2. The lowest BCUT2D eigenvalue weighted by Crippen LogP contribution is -2.35. The molecule has 140 valence electrons. The Morgan fingerprint density at radius 1 is 0.958 bits per heavy atom. The first-order valence-electron chi connectivity index (χ1n) is 7.86. The summed E-state index contributed by atoms with van der Waals surface area (Å²) in [5, 5.41) is 26.4. The number of hydrogen-bond acceptors (Lipinski definition) is 7. The predicted octanol–water partition coefficient (Wildman–Crippen LogP) is 0.975. The van der Waals surface area contributed by atoms with Gasteiger partial charge in [0.05, 0.1) is 25.2 Å². The van der Waals surface area contributed by atoms with E-state index in [1.807, 2.05) is 6.92 Å². The van der Waals surface area contributed by atoms with E-state index in [-0.39, 0.29) is 32.4 Å². The Kier molecular flexibility index (Phi) is 16.5. The highest BCUT2D eigenvalue weighted by Crippen LogP contribution is 2.20. The van der Waals surface area contributed by atoms with Gasteiger partial charge < -0.3 is 24.8 Å². The highest BCUT2D eigenvalue weighted by atomic mass is 16.5. The Labute approximate surface area is 143 Å². The van der Waals surface area contributed by atoms with E-state index in [2.05, 4.69) is 13.2 Å². The SMILES string of the molecule is C=CC(=O)OCC(CC)(CO)CO.C=CC(=O)OCCCCCO. The molecule has 0 heterocycles. The van der Waals surface area contributed by atoms with Gasteiger partial charge >= 0.3 is 11.9 Å². The number of aliphatic hydroxyl groups excluding tert-OH is 3. The lowest BCUT2D eigenvalue weighted by molar-refractivity contribution is -0.143. The van der Waals surface area contributed by atoms with Crippen LogP contribution in [0.4, 0.5) is 0 Å². The average Bonchev–Trinajstić information content (AvgIpc) is 2.63. The zero-order chi connectivity index (χ0) is 18.8. The van der Waals surface area contributed by atoms with Crippen molar-refractivity contribution in [3.8, 4) is 0 Å². The summed E-state index contributed by atoms with van der Waals surface area (Å²) in [6, 6.07) is 0. The number of ether oxygens (including phenoxy) is 2. The zero-order valence-corrected chi connectivity index (χ0v) is 14.4. The van der Waals surface area contributed by atoms with Gasteiger partial charge in [0.25, 0.3) is 0 Å². The molecule has 0 aromatic heterocycles. The van der Waals surface area contributed by atoms with Crippen molar-refractivity contribution in [3.05, 3.63) is 25.3 Å². The third-order valence-corrected chi connectivity index (χ3v) is 3.32. The fourth-order valence-corrected chi connectivity index (χ4v) is 1.37.